The lowest BCUT2D eigenvalue weighted by atomic mass is 9.95. The molecule has 0 bridgehead atoms. The Balaban J connectivity index is 1.77. The number of nitriles is 1. The van der Waals surface area contributed by atoms with Crippen LogP contribution in [0.15, 0.2) is 24.3 Å². The van der Waals surface area contributed by atoms with E-state index in [9.17, 15) is 24.3 Å². The number of carboxylic acids is 1. The predicted molar refractivity (Wildman–Crippen MR) is 100 cm³/mol. The zero-order chi connectivity index (χ0) is 19.4. The third-order valence-electron chi connectivity index (χ3n) is 4.75. The Morgan fingerprint density at radius 3 is 2.59 bits per heavy atom. The standard InChI is InChI=1S/C20H19FN2O3S/c21-13-8-6-12(7-9-13)15(20(25)26)10-18(24)23-19-16(11-22)14-4-2-1-3-5-17(14)27-19/h6-9,15H,1-5,10H2,(H,23,24)(H,25,26). The second-order valence-corrected chi connectivity index (χ2v) is 7.68. The highest BCUT2D eigenvalue weighted by atomic mass is 32.1. The van der Waals surface area contributed by atoms with E-state index in [4.69, 9.17) is 0 Å². The van der Waals surface area contributed by atoms with Gasteiger partial charge in [-0.1, -0.05) is 18.6 Å². The summed E-state index contributed by atoms with van der Waals surface area (Å²) >= 11 is 1.41. The van der Waals surface area contributed by atoms with Crippen molar-refractivity contribution in [1.29, 1.82) is 5.26 Å². The van der Waals surface area contributed by atoms with Gasteiger partial charge >= 0.3 is 5.97 Å². The summed E-state index contributed by atoms with van der Waals surface area (Å²) in [5, 5.41) is 22.2. The summed E-state index contributed by atoms with van der Waals surface area (Å²) < 4.78 is 13.1. The Hall–Kier alpha value is -2.72. The van der Waals surface area contributed by atoms with Crippen molar-refractivity contribution in [3.63, 3.8) is 0 Å². The molecular weight excluding hydrogens is 367 g/mol. The van der Waals surface area contributed by atoms with Gasteiger partial charge in [-0.3, -0.25) is 9.59 Å². The Morgan fingerprint density at radius 1 is 1.22 bits per heavy atom. The first-order chi connectivity index (χ1) is 13.0. The molecule has 1 amide bonds. The Morgan fingerprint density at radius 2 is 1.93 bits per heavy atom. The van der Waals surface area contributed by atoms with E-state index >= 15 is 0 Å². The summed E-state index contributed by atoms with van der Waals surface area (Å²) in [5.41, 5.74) is 1.88. The zero-order valence-electron chi connectivity index (χ0n) is 14.6. The molecule has 2 N–H and O–H groups in total. The lowest BCUT2D eigenvalue weighted by Crippen LogP contribution is -2.21. The third kappa shape index (κ3) is 4.34. The molecule has 0 radical (unpaired) electrons. The van der Waals surface area contributed by atoms with Crippen molar-refractivity contribution < 1.29 is 19.1 Å². The van der Waals surface area contributed by atoms with E-state index in [-0.39, 0.29) is 6.42 Å². The van der Waals surface area contributed by atoms with Gasteiger partial charge in [0.1, 0.15) is 16.9 Å². The van der Waals surface area contributed by atoms with Gasteiger partial charge in [-0.05, 0) is 48.9 Å². The first kappa shape index (κ1) is 19.1. The highest BCUT2D eigenvalue weighted by Crippen LogP contribution is 2.37. The van der Waals surface area contributed by atoms with E-state index in [1.807, 2.05) is 0 Å². The van der Waals surface area contributed by atoms with Crippen molar-refractivity contribution in [2.45, 2.75) is 44.4 Å². The molecular formula is C20H19FN2O3S. The summed E-state index contributed by atoms with van der Waals surface area (Å²) in [7, 11) is 0. The summed E-state index contributed by atoms with van der Waals surface area (Å²) in [5.74, 6) is -3.17. The van der Waals surface area contributed by atoms with Gasteiger partial charge in [0.2, 0.25) is 5.91 Å². The summed E-state index contributed by atoms with van der Waals surface area (Å²) in [4.78, 5) is 25.2. The molecule has 27 heavy (non-hydrogen) atoms. The molecule has 140 valence electrons. The van der Waals surface area contributed by atoms with Crippen LogP contribution in [0, 0.1) is 17.1 Å². The average Bonchev–Trinajstić information content (AvgIpc) is 2.80. The minimum Gasteiger partial charge on any atom is -0.481 e. The van der Waals surface area contributed by atoms with Gasteiger partial charge in [-0.15, -0.1) is 11.3 Å². The molecule has 1 aliphatic carbocycles. The van der Waals surface area contributed by atoms with Crippen LogP contribution in [0.5, 0.6) is 0 Å². The number of aryl methyl sites for hydroxylation is 1. The van der Waals surface area contributed by atoms with Gasteiger partial charge in [0.15, 0.2) is 0 Å². The molecule has 1 atom stereocenters. The highest BCUT2D eigenvalue weighted by molar-refractivity contribution is 7.16. The maximum absolute atomic E-state index is 13.1. The molecule has 0 saturated carbocycles. The zero-order valence-corrected chi connectivity index (χ0v) is 15.4. The van der Waals surface area contributed by atoms with Crippen LogP contribution in [0.2, 0.25) is 0 Å². The summed E-state index contributed by atoms with van der Waals surface area (Å²) in [6.45, 7) is 0. The number of carbonyl (C=O) groups excluding carboxylic acids is 1. The first-order valence-electron chi connectivity index (χ1n) is 8.82. The van der Waals surface area contributed by atoms with E-state index in [2.05, 4.69) is 11.4 Å². The van der Waals surface area contributed by atoms with Gasteiger partial charge in [0.25, 0.3) is 0 Å². The van der Waals surface area contributed by atoms with Crippen molar-refractivity contribution in [2.75, 3.05) is 5.32 Å². The highest BCUT2D eigenvalue weighted by Gasteiger charge is 2.26. The molecule has 2 aromatic rings. The fourth-order valence-corrected chi connectivity index (χ4v) is 4.61. The number of carbonyl (C=O) groups is 2. The number of rotatable bonds is 5. The number of thiophene rings is 1. The minimum absolute atomic E-state index is 0.283. The molecule has 0 aliphatic heterocycles. The Labute approximate surface area is 160 Å². The first-order valence-corrected chi connectivity index (χ1v) is 9.64. The quantitative estimate of drug-likeness (QED) is 0.753. The van der Waals surface area contributed by atoms with Crippen molar-refractivity contribution in [3.8, 4) is 6.07 Å². The van der Waals surface area contributed by atoms with Crippen molar-refractivity contribution in [3.05, 3.63) is 51.7 Å². The van der Waals surface area contributed by atoms with Gasteiger partial charge in [0, 0.05) is 11.3 Å². The number of benzene rings is 1. The fourth-order valence-electron chi connectivity index (χ4n) is 3.35. The minimum atomic E-state index is -1.15. The van der Waals surface area contributed by atoms with Gasteiger partial charge < -0.3 is 10.4 Å². The van der Waals surface area contributed by atoms with Crippen LogP contribution >= 0.6 is 11.3 Å². The molecule has 1 unspecified atom stereocenters. The number of fused-ring (bicyclic) bond motifs is 1. The maximum atomic E-state index is 13.1. The van der Waals surface area contributed by atoms with Crippen molar-refractivity contribution in [2.24, 2.45) is 0 Å². The Kier molecular flexibility index (Phi) is 5.87. The number of aliphatic carboxylic acids is 1. The number of carboxylic acid groups (broad SMARTS) is 1. The number of anilines is 1. The van der Waals surface area contributed by atoms with Gasteiger partial charge in [0.05, 0.1) is 11.5 Å². The van der Waals surface area contributed by atoms with Crippen LogP contribution in [0.25, 0.3) is 0 Å². The number of hydrogen-bond donors (Lipinski definition) is 2. The molecule has 1 aromatic heterocycles. The van der Waals surface area contributed by atoms with Crippen LogP contribution in [0.1, 0.15) is 53.2 Å². The monoisotopic (exact) mass is 386 g/mol. The van der Waals surface area contributed by atoms with Crippen LogP contribution in [0.3, 0.4) is 0 Å². The van der Waals surface area contributed by atoms with E-state index in [1.54, 1.807) is 0 Å². The van der Waals surface area contributed by atoms with Crippen LogP contribution < -0.4 is 5.32 Å². The molecule has 7 heteroatoms. The predicted octanol–water partition coefficient (Wildman–Crippen LogP) is 4.22. The molecule has 0 spiro atoms. The van der Waals surface area contributed by atoms with Crippen LogP contribution in [-0.2, 0) is 22.4 Å². The second kappa shape index (κ2) is 8.31. The number of nitrogens with zero attached hydrogens (tertiary/aromatic N) is 1. The van der Waals surface area contributed by atoms with E-state index in [0.29, 0.717) is 16.1 Å². The Bertz CT molecular complexity index is 899. The number of amides is 1. The largest absolute Gasteiger partial charge is 0.481 e. The SMILES string of the molecule is N#Cc1c(NC(=O)CC(C(=O)O)c2ccc(F)cc2)sc2c1CCCCC2. The topological polar surface area (TPSA) is 90.2 Å². The average molecular weight is 386 g/mol. The van der Waals surface area contributed by atoms with E-state index < -0.39 is 23.6 Å². The van der Waals surface area contributed by atoms with Crippen LogP contribution in [-0.4, -0.2) is 17.0 Å². The van der Waals surface area contributed by atoms with E-state index in [0.717, 1.165) is 42.5 Å². The number of nitrogens with one attached hydrogen (secondary N) is 1. The normalized spacial score (nSPS) is 14.5. The fraction of sp³-hybridized carbons (Fsp3) is 0.350. The lowest BCUT2D eigenvalue weighted by Gasteiger charge is -2.12. The third-order valence-corrected chi connectivity index (χ3v) is 5.95. The molecule has 1 aliphatic rings. The lowest BCUT2D eigenvalue weighted by molar-refractivity contribution is -0.140. The van der Waals surface area contributed by atoms with Gasteiger partial charge in [-0.2, -0.15) is 5.26 Å². The van der Waals surface area contributed by atoms with Crippen molar-refractivity contribution >= 4 is 28.2 Å². The van der Waals surface area contributed by atoms with Crippen LogP contribution in [0.4, 0.5) is 9.39 Å². The molecule has 0 saturated heterocycles. The second-order valence-electron chi connectivity index (χ2n) is 6.58. The molecule has 3 rings (SSSR count). The molecule has 0 fully saturated rings. The maximum Gasteiger partial charge on any atom is 0.311 e. The smallest absolute Gasteiger partial charge is 0.311 e. The number of hydrogen-bond acceptors (Lipinski definition) is 4. The number of halogens is 1. The molecule has 5 nitrogen and oxygen atoms in total. The summed E-state index contributed by atoms with van der Waals surface area (Å²) in [6, 6.07) is 7.28. The van der Waals surface area contributed by atoms with Crippen molar-refractivity contribution in [1.82, 2.24) is 0 Å². The summed E-state index contributed by atoms with van der Waals surface area (Å²) in [6.07, 6.45) is 4.67. The molecule has 1 heterocycles. The molecule has 1 aromatic carbocycles. The van der Waals surface area contributed by atoms with E-state index in [1.165, 1.54) is 35.6 Å². The van der Waals surface area contributed by atoms with Gasteiger partial charge in [-0.25, -0.2) is 4.39 Å².